The Kier molecular flexibility index (Phi) is 3.25. The summed E-state index contributed by atoms with van der Waals surface area (Å²) >= 11 is 1.55. The van der Waals surface area contributed by atoms with Gasteiger partial charge < -0.3 is 5.32 Å². The zero-order valence-corrected chi connectivity index (χ0v) is 12.4. The summed E-state index contributed by atoms with van der Waals surface area (Å²) in [5.74, 6) is 1.48. The van der Waals surface area contributed by atoms with Gasteiger partial charge in [-0.25, -0.2) is 15.0 Å². The number of hydrogen-bond acceptors (Lipinski definition) is 5. The Bertz CT molecular complexity index is 905. The minimum atomic E-state index is 0.707. The van der Waals surface area contributed by atoms with Gasteiger partial charge in [0.15, 0.2) is 11.0 Å². The first kappa shape index (κ1) is 12.9. The highest BCUT2D eigenvalue weighted by Crippen LogP contribution is 2.27. The summed E-state index contributed by atoms with van der Waals surface area (Å²) in [6, 6.07) is 18.0. The Balaban J connectivity index is 1.89. The Morgan fingerprint density at radius 3 is 2.50 bits per heavy atom. The van der Waals surface area contributed by atoms with Crippen molar-refractivity contribution in [3.63, 3.8) is 0 Å². The van der Waals surface area contributed by atoms with Gasteiger partial charge in [0.2, 0.25) is 0 Å². The van der Waals surface area contributed by atoms with Crippen LogP contribution < -0.4 is 5.32 Å². The maximum absolute atomic E-state index is 4.69. The van der Waals surface area contributed by atoms with Crippen LogP contribution in [0.1, 0.15) is 0 Å². The highest BCUT2D eigenvalue weighted by Gasteiger charge is 2.10. The van der Waals surface area contributed by atoms with E-state index in [2.05, 4.69) is 15.3 Å². The molecule has 0 aliphatic rings. The third-order valence-electron chi connectivity index (χ3n) is 3.29. The molecule has 0 fully saturated rings. The van der Waals surface area contributed by atoms with Crippen molar-refractivity contribution in [1.29, 1.82) is 0 Å². The smallest absolute Gasteiger partial charge is 0.188 e. The van der Waals surface area contributed by atoms with Crippen LogP contribution in [0, 0.1) is 0 Å². The van der Waals surface area contributed by atoms with E-state index < -0.39 is 0 Å². The monoisotopic (exact) mass is 304 g/mol. The fourth-order valence-electron chi connectivity index (χ4n) is 2.27. The number of rotatable bonds is 3. The summed E-state index contributed by atoms with van der Waals surface area (Å²) in [4.78, 5) is 13.6. The molecule has 4 nitrogen and oxygen atoms in total. The molecule has 2 aromatic heterocycles. The van der Waals surface area contributed by atoms with Gasteiger partial charge in [0.1, 0.15) is 5.82 Å². The SMILES string of the molecule is c1ccc(-c2nc(Nc3nccs3)c3ccccc3n2)cc1. The molecule has 0 spiro atoms. The fraction of sp³-hybridized carbons (Fsp3) is 0. The lowest BCUT2D eigenvalue weighted by Gasteiger charge is -2.09. The molecule has 1 N–H and O–H groups in total. The van der Waals surface area contributed by atoms with Crippen molar-refractivity contribution in [3.8, 4) is 11.4 Å². The highest BCUT2D eigenvalue weighted by molar-refractivity contribution is 7.13. The predicted molar refractivity (Wildman–Crippen MR) is 90.4 cm³/mol. The molecule has 0 amide bonds. The van der Waals surface area contributed by atoms with Crippen molar-refractivity contribution in [3.05, 3.63) is 66.2 Å². The lowest BCUT2D eigenvalue weighted by atomic mass is 10.2. The van der Waals surface area contributed by atoms with Crippen molar-refractivity contribution in [2.75, 3.05) is 5.32 Å². The third-order valence-corrected chi connectivity index (χ3v) is 3.98. The topological polar surface area (TPSA) is 50.7 Å². The normalized spacial score (nSPS) is 10.7. The van der Waals surface area contributed by atoms with Crippen molar-refractivity contribution < 1.29 is 0 Å². The summed E-state index contributed by atoms with van der Waals surface area (Å²) in [6.45, 7) is 0. The van der Waals surface area contributed by atoms with E-state index in [1.807, 2.05) is 60.0 Å². The molecule has 4 aromatic rings. The maximum atomic E-state index is 4.69. The van der Waals surface area contributed by atoms with Gasteiger partial charge in [-0.3, -0.25) is 0 Å². The second-order valence-electron chi connectivity index (χ2n) is 4.74. The molecule has 5 heteroatoms. The number of nitrogens with zero attached hydrogens (tertiary/aromatic N) is 3. The zero-order chi connectivity index (χ0) is 14.8. The average Bonchev–Trinajstić information content (AvgIpc) is 3.09. The quantitative estimate of drug-likeness (QED) is 0.605. The molecule has 22 heavy (non-hydrogen) atoms. The summed E-state index contributed by atoms with van der Waals surface area (Å²) < 4.78 is 0. The van der Waals surface area contributed by atoms with E-state index in [1.165, 1.54) is 0 Å². The summed E-state index contributed by atoms with van der Waals surface area (Å²) in [6.07, 6.45) is 1.77. The van der Waals surface area contributed by atoms with Crippen LogP contribution in [0.5, 0.6) is 0 Å². The molecule has 0 aliphatic carbocycles. The molecule has 0 bridgehead atoms. The number of hydrogen-bond donors (Lipinski definition) is 1. The molecule has 0 saturated heterocycles. The van der Waals surface area contributed by atoms with Crippen LogP contribution in [-0.2, 0) is 0 Å². The van der Waals surface area contributed by atoms with Crippen LogP contribution in [0.4, 0.5) is 10.9 Å². The minimum Gasteiger partial charge on any atom is -0.316 e. The first-order chi connectivity index (χ1) is 10.9. The van der Waals surface area contributed by atoms with Crippen molar-refractivity contribution in [1.82, 2.24) is 15.0 Å². The second-order valence-corrected chi connectivity index (χ2v) is 5.64. The molecule has 2 aromatic carbocycles. The fourth-order valence-corrected chi connectivity index (χ4v) is 2.80. The number of fused-ring (bicyclic) bond motifs is 1. The van der Waals surface area contributed by atoms with Crippen LogP contribution in [0.2, 0.25) is 0 Å². The van der Waals surface area contributed by atoms with Crippen LogP contribution in [0.25, 0.3) is 22.3 Å². The lowest BCUT2D eigenvalue weighted by Crippen LogP contribution is -1.98. The first-order valence-electron chi connectivity index (χ1n) is 6.89. The predicted octanol–water partition coefficient (Wildman–Crippen LogP) is 4.50. The molecular formula is C17H12N4S. The molecule has 106 valence electrons. The van der Waals surface area contributed by atoms with E-state index in [1.54, 1.807) is 17.5 Å². The summed E-state index contributed by atoms with van der Waals surface area (Å²) in [5.41, 5.74) is 1.91. The molecule has 4 rings (SSSR count). The van der Waals surface area contributed by atoms with Crippen LogP contribution in [0.3, 0.4) is 0 Å². The number of anilines is 2. The van der Waals surface area contributed by atoms with E-state index >= 15 is 0 Å². The second kappa shape index (κ2) is 5.54. The Morgan fingerprint density at radius 1 is 0.864 bits per heavy atom. The molecule has 0 saturated carbocycles. The molecule has 0 atom stereocenters. The number of aromatic nitrogens is 3. The van der Waals surface area contributed by atoms with Crippen molar-refractivity contribution in [2.24, 2.45) is 0 Å². The maximum Gasteiger partial charge on any atom is 0.188 e. The van der Waals surface area contributed by atoms with Gasteiger partial charge in [0, 0.05) is 22.5 Å². The first-order valence-corrected chi connectivity index (χ1v) is 7.77. The molecule has 2 heterocycles. The van der Waals surface area contributed by atoms with Crippen molar-refractivity contribution >= 4 is 33.2 Å². The number of benzene rings is 2. The van der Waals surface area contributed by atoms with Gasteiger partial charge in [-0.15, -0.1) is 11.3 Å². The average molecular weight is 304 g/mol. The Morgan fingerprint density at radius 2 is 1.68 bits per heavy atom. The van der Waals surface area contributed by atoms with E-state index in [-0.39, 0.29) is 0 Å². The van der Waals surface area contributed by atoms with Gasteiger partial charge in [-0.2, -0.15) is 0 Å². The van der Waals surface area contributed by atoms with E-state index in [0.29, 0.717) is 5.82 Å². The van der Waals surface area contributed by atoms with Gasteiger partial charge in [0.25, 0.3) is 0 Å². The van der Waals surface area contributed by atoms with Gasteiger partial charge in [-0.1, -0.05) is 42.5 Å². The Hall–Kier alpha value is -2.79. The molecule has 0 unspecified atom stereocenters. The number of thiazole rings is 1. The van der Waals surface area contributed by atoms with E-state index in [4.69, 9.17) is 4.98 Å². The zero-order valence-electron chi connectivity index (χ0n) is 11.6. The number of para-hydroxylation sites is 1. The van der Waals surface area contributed by atoms with Crippen molar-refractivity contribution in [2.45, 2.75) is 0 Å². The summed E-state index contributed by atoms with van der Waals surface area (Å²) in [7, 11) is 0. The summed E-state index contributed by atoms with van der Waals surface area (Å²) in [5, 5.41) is 7.03. The highest BCUT2D eigenvalue weighted by atomic mass is 32.1. The Labute approximate surface area is 131 Å². The van der Waals surface area contributed by atoms with E-state index in [9.17, 15) is 0 Å². The van der Waals surface area contributed by atoms with Gasteiger partial charge in [0.05, 0.1) is 5.52 Å². The van der Waals surface area contributed by atoms with E-state index in [0.717, 1.165) is 27.4 Å². The largest absolute Gasteiger partial charge is 0.316 e. The van der Waals surface area contributed by atoms with Gasteiger partial charge >= 0.3 is 0 Å². The van der Waals surface area contributed by atoms with Gasteiger partial charge in [-0.05, 0) is 12.1 Å². The van der Waals surface area contributed by atoms with Crippen LogP contribution in [0.15, 0.2) is 66.2 Å². The minimum absolute atomic E-state index is 0.707. The number of nitrogens with one attached hydrogen (secondary N) is 1. The molecule has 0 aliphatic heterocycles. The molecule has 0 radical (unpaired) electrons. The lowest BCUT2D eigenvalue weighted by molar-refractivity contribution is 1.22. The van der Waals surface area contributed by atoms with Crippen LogP contribution >= 0.6 is 11.3 Å². The molecular weight excluding hydrogens is 292 g/mol. The standard InChI is InChI=1S/C17H12N4S/c1-2-6-12(7-3-1)15-19-14-9-5-4-8-13(14)16(20-15)21-17-18-10-11-22-17/h1-11H,(H,18,19,20,21). The van der Waals surface area contributed by atoms with Crippen LogP contribution in [-0.4, -0.2) is 15.0 Å². The third kappa shape index (κ3) is 2.42.